The Morgan fingerprint density at radius 3 is 2.39 bits per heavy atom. The molecule has 1 aliphatic heterocycles. The van der Waals surface area contributed by atoms with Crippen molar-refractivity contribution in [2.75, 3.05) is 18.4 Å². The number of hydrogen-bond acceptors (Lipinski definition) is 4. The molecule has 1 saturated heterocycles. The van der Waals surface area contributed by atoms with Crippen LogP contribution in [-0.4, -0.2) is 37.6 Å². The second kappa shape index (κ2) is 7.69. The summed E-state index contributed by atoms with van der Waals surface area (Å²) in [6, 6.07) is 7.81. The van der Waals surface area contributed by atoms with Crippen LogP contribution < -0.4 is 11.1 Å². The third kappa shape index (κ3) is 3.90. The summed E-state index contributed by atoms with van der Waals surface area (Å²) in [6.07, 6.45) is 1.45. The molecule has 0 atom stereocenters. The lowest BCUT2D eigenvalue weighted by atomic mass is 10.1. The van der Waals surface area contributed by atoms with E-state index in [4.69, 9.17) is 5.73 Å². The van der Waals surface area contributed by atoms with Gasteiger partial charge in [-0.2, -0.15) is 4.31 Å². The van der Waals surface area contributed by atoms with Crippen LogP contribution in [0.4, 0.5) is 10.1 Å². The van der Waals surface area contributed by atoms with Crippen LogP contribution in [0.25, 0.3) is 0 Å². The molecule has 3 N–H and O–H groups in total. The lowest BCUT2D eigenvalue weighted by Gasteiger charge is -2.16. The zero-order chi connectivity index (χ0) is 20.5. The third-order valence-electron chi connectivity index (χ3n) is 4.63. The Labute approximate surface area is 162 Å². The summed E-state index contributed by atoms with van der Waals surface area (Å²) in [6.45, 7) is 2.35. The second-order valence-electron chi connectivity index (χ2n) is 6.60. The van der Waals surface area contributed by atoms with Gasteiger partial charge in [0.1, 0.15) is 10.7 Å². The van der Waals surface area contributed by atoms with Crippen molar-refractivity contribution < 1.29 is 22.4 Å². The maximum atomic E-state index is 14.2. The number of primary amides is 1. The van der Waals surface area contributed by atoms with Crippen LogP contribution in [0.1, 0.15) is 39.1 Å². The maximum absolute atomic E-state index is 14.2. The number of halogens is 1. The van der Waals surface area contributed by atoms with Gasteiger partial charge in [0, 0.05) is 29.9 Å². The first kappa shape index (κ1) is 20.0. The Balaban J connectivity index is 1.87. The van der Waals surface area contributed by atoms with Crippen LogP contribution in [-0.2, 0) is 10.0 Å². The quantitative estimate of drug-likeness (QED) is 0.795. The molecule has 0 spiro atoms. The molecule has 0 unspecified atom stereocenters. The minimum absolute atomic E-state index is 0.0100. The number of rotatable bonds is 5. The summed E-state index contributed by atoms with van der Waals surface area (Å²) in [4.78, 5) is 23.3. The zero-order valence-corrected chi connectivity index (χ0v) is 16.1. The van der Waals surface area contributed by atoms with Crippen molar-refractivity contribution in [3.63, 3.8) is 0 Å². The molecule has 0 bridgehead atoms. The molecule has 0 aromatic heterocycles. The van der Waals surface area contributed by atoms with Crippen LogP contribution >= 0.6 is 0 Å². The van der Waals surface area contributed by atoms with E-state index in [9.17, 15) is 22.4 Å². The standard InChI is InChI=1S/C19H20FN3O4S/c1-12-10-14(5-6-15(12)18(21)24)22-19(25)13-4-7-16(20)17(11-13)28(26,27)23-8-2-3-9-23/h4-7,10-11H,2-3,8-9H2,1H3,(H2,21,24)(H,22,25). The van der Waals surface area contributed by atoms with Gasteiger partial charge in [0.05, 0.1) is 0 Å². The summed E-state index contributed by atoms with van der Waals surface area (Å²) >= 11 is 0. The topological polar surface area (TPSA) is 110 Å². The maximum Gasteiger partial charge on any atom is 0.255 e. The molecule has 0 radical (unpaired) electrons. The van der Waals surface area contributed by atoms with Crippen molar-refractivity contribution >= 4 is 27.5 Å². The van der Waals surface area contributed by atoms with Gasteiger partial charge in [-0.3, -0.25) is 9.59 Å². The number of benzene rings is 2. The van der Waals surface area contributed by atoms with Crippen molar-refractivity contribution in [2.45, 2.75) is 24.7 Å². The van der Waals surface area contributed by atoms with Gasteiger partial charge < -0.3 is 11.1 Å². The first-order chi connectivity index (χ1) is 13.2. The van der Waals surface area contributed by atoms with Gasteiger partial charge in [0.15, 0.2) is 0 Å². The van der Waals surface area contributed by atoms with E-state index in [1.54, 1.807) is 13.0 Å². The molecule has 148 valence electrons. The van der Waals surface area contributed by atoms with Gasteiger partial charge in [-0.25, -0.2) is 12.8 Å². The fraction of sp³-hybridized carbons (Fsp3) is 0.263. The molecule has 28 heavy (non-hydrogen) atoms. The highest BCUT2D eigenvalue weighted by molar-refractivity contribution is 7.89. The van der Waals surface area contributed by atoms with E-state index in [2.05, 4.69) is 5.32 Å². The molecule has 0 saturated carbocycles. The number of amides is 2. The molecule has 1 aliphatic rings. The third-order valence-corrected chi connectivity index (χ3v) is 6.54. The number of sulfonamides is 1. The highest BCUT2D eigenvalue weighted by atomic mass is 32.2. The van der Waals surface area contributed by atoms with Gasteiger partial charge >= 0.3 is 0 Å². The SMILES string of the molecule is Cc1cc(NC(=O)c2ccc(F)c(S(=O)(=O)N3CCCC3)c2)ccc1C(N)=O. The summed E-state index contributed by atoms with van der Waals surface area (Å²) in [7, 11) is -3.99. The Kier molecular flexibility index (Phi) is 5.48. The normalized spacial score (nSPS) is 14.8. The van der Waals surface area contributed by atoms with Crippen LogP contribution in [0.15, 0.2) is 41.3 Å². The number of nitrogens with zero attached hydrogens (tertiary/aromatic N) is 1. The Bertz CT molecular complexity index is 1050. The van der Waals surface area contributed by atoms with Crippen LogP contribution in [0.5, 0.6) is 0 Å². The van der Waals surface area contributed by atoms with E-state index in [0.29, 0.717) is 29.9 Å². The first-order valence-corrected chi connectivity index (χ1v) is 10.2. The molecule has 2 aromatic carbocycles. The minimum atomic E-state index is -3.99. The molecule has 9 heteroatoms. The molecule has 7 nitrogen and oxygen atoms in total. The van der Waals surface area contributed by atoms with E-state index in [0.717, 1.165) is 25.0 Å². The molecule has 1 fully saturated rings. The van der Waals surface area contributed by atoms with Gasteiger partial charge in [0.2, 0.25) is 15.9 Å². The highest BCUT2D eigenvalue weighted by Crippen LogP contribution is 2.25. The number of aryl methyl sites for hydroxylation is 1. The molecule has 0 aliphatic carbocycles. The van der Waals surface area contributed by atoms with Crippen molar-refractivity contribution in [3.8, 4) is 0 Å². The van der Waals surface area contributed by atoms with Crippen LogP contribution in [0.2, 0.25) is 0 Å². The van der Waals surface area contributed by atoms with Gasteiger partial charge in [-0.05, 0) is 61.7 Å². The van der Waals surface area contributed by atoms with E-state index in [1.165, 1.54) is 22.5 Å². The molecular weight excluding hydrogens is 385 g/mol. The number of carbonyl (C=O) groups excluding carboxylic acids is 2. The van der Waals surface area contributed by atoms with E-state index >= 15 is 0 Å². The second-order valence-corrected chi connectivity index (χ2v) is 8.51. The molecule has 1 heterocycles. The molecule has 3 rings (SSSR count). The van der Waals surface area contributed by atoms with E-state index in [-0.39, 0.29) is 5.56 Å². The Morgan fingerprint density at radius 2 is 1.79 bits per heavy atom. The first-order valence-electron chi connectivity index (χ1n) is 8.71. The summed E-state index contributed by atoms with van der Waals surface area (Å²) in [5, 5.41) is 2.61. The molecule has 2 aromatic rings. The number of nitrogens with one attached hydrogen (secondary N) is 1. The fourth-order valence-corrected chi connectivity index (χ4v) is 4.74. The average molecular weight is 405 g/mol. The van der Waals surface area contributed by atoms with Gasteiger partial charge in [-0.1, -0.05) is 0 Å². The summed E-state index contributed by atoms with van der Waals surface area (Å²) in [5.74, 6) is -2.07. The minimum Gasteiger partial charge on any atom is -0.366 e. The number of anilines is 1. The predicted molar refractivity (Wildman–Crippen MR) is 102 cm³/mol. The molecular formula is C19H20FN3O4S. The van der Waals surface area contributed by atoms with Gasteiger partial charge in [0.25, 0.3) is 5.91 Å². The smallest absolute Gasteiger partial charge is 0.255 e. The number of carbonyl (C=O) groups is 2. The monoisotopic (exact) mass is 405 g/mol. The lowest BCUT2D eigenvalue weighted by Crippen LogP contribution is -2.29. The highest BCUT2D eigenvalue weighted by Gasteiger charge is 2.30. The van der Waals surface area contributed by atoms with E-state index < -0.39 is 32.6 Å². The van der Waals surface area contributed by atoms with Crippen molar-refractivity contribution in [1.82, 2.24) is 4.31 Å². The Hall–Kier alpha value is -2.78. The van der Waals surface area contributed by atoms with Gasteiger partial charge in [-0.15, -0.1) is 0 Å². The van der Waals surface area contributed by atoms with Crippen molar-refractivity contribution in [3.05, 3.63) is 58.9 Å². The van der Waals surface area contributed by atoms with E-state index in [1.807, 2.05) is 0 Å². The van der Waals surface area contributed by atoms with Crippen LogP contribution in [0, 0.1) is 12.7 Å². The zero-order valence-electron chi connectivity index (χ0n) is 15.2. The summed E-state index contributed by atoms with van der Waals surface area (Å²) < 4.78 is 40.7. The lowest BCUT2D eigenvalue weighted by molar-refractivity contribution is 0.0997. The average Bonchev–Trinajstić information content (AvgIpc) is 3.17. The Morgan fingerprint density at radius 1 is 1.11 bits per heavy atom. The fourth-order valence-electron chi connectivity index (χ4n) is 3.13. The number of hydrogen-bond donors (Lipinski definition) is 2. The van der Waals surface area contributed by atoms with Crippen molar-refractivity contribution in [1.29, 1.82) is 0 Å². The predicted octanol–water partition coefficient (Wildman–Crippen LogP) is 2.27. The molecule has 2 amide bonds. The van der Waals surface area contributed by atoms with Crippen LogP contribution in [0.3, 0.4) is 0 Å². The van der Waals surface area contributed by atoms with Crippen molar-refractivity contribution in [2.24, 2.45) is 5.73 Å². The largest absolute Gasteiger partial charge is 0.366 e. The number of nitrogens with two attached hydrogens (primary N) is 1. The summed E-state index contributed by atoms with van der Waals surface area (Å²) in [5.41, 5.74) is 6.59.